The fourth-order valence-electron chi connectivity index (χ4n) is 4.64. The van der Waals surface area contributed by atoms with Gasteiger partial charge >= 0.3 is 0 Å². The molecule has 3 heteroatoms. The fourth-order valence-corrected chi connectivity index (χ4v) is 4.64. The number of hydrogen-bond donors (Lipinski definition) is 1. The van der Waals surface area contributed by atoms with Crippen molar-refractivity contribution >= 4 is 0 Å². The van der Waals surface area contributed by atoms with Crippen molar-refractivity contribution in [2.75, 3.05) is 14.2 Å². The molecule has 3 aliphatic carbocycles. The lowest BCUT2D eigenvalue weighted by Crippen LogP contribution is -2.67. The highest BCUT2D eigenvalue weighted by Gasteiger charge is 2.63. The Morgan fingerprint density at radius 3 is 2.19 bits per heavy atom. The summed E-state index contributed by atoms with van der Waals surface area (Å²) in [6.45, 7) is 18.6. The zero-order valence-electron chi connectivity index (χ0n) is 19.3. The smallest absolute Gasteiger partial charge is 0.0944 e. The van der Waals surface area contributed by atoms with Gasteiger partial charge in [-0.1, -0.05) is 58.6 Å². The third-order valence-corrected chi connectivity index (χ3v) is 6.30. The highest BCUT2D eigenvalue weighted by molar-refractivity contribution is 5.23. The predicted octanol–water partition coefficient (Wildman–Crippen LogP) is 5.91. The Morgan fingerprint density at radius 2 is 1.81 bits per heavy atom. The molecule has 0 aromatic carbocycles. The molecule has 2 N–H and O–H groups in total. The van der Waals surface area contributed by atoms with E-state index in [1.165, 1.54) is 12.0 Å². The Morgan fingerprint density at radius 1 is 1.22 bits per heavy atom. The monoisotopic (exact) mass is 379 g/mol. The van der Waals surface area contributed by atoms with Crippen LogP contribution in [0.5, 0.6) is 0 Å². The molecule has 2 bridgehead atoms. The van der Waals surface area contributed by atoms with Gasteiger partial charge < -0.3 is 15.2 Å². The fraction of sp³-hybridized carbons (Fsp3) is 0.750. The van der Waals surface area contributed by atoms with E-state index in [9.17, 15) is 0 Å². The van der Waals surface area contributed by atoms with Crippen LogP contribution in [0.4, 0.5) is 0 Å². The van der Waals surface area contributed by atoms with Gasteiger partial charge in [0, 0.05) is 20.3 Å². The first kappa shape index (κ1) is 26.1. The summed E-state index contributed by atoms with van der Waals surface area (Å²) in [5, 5.41) is 0. The summed E-state index contributed by atoms with van der Waals surface area (Å²) in [6, 6.07) is 0.220. The summed E-state index contributed by atoms with van der Waals surface area (Å²) in [5.41, 5.74) is 7.25. The Bertz CT molecular complexity index is 493. The lowest BCUT2D eigenvalue weighted by atomic mass is 9.43. The topological polar surface area (TPSA) is 44.5 Å². The maximum absolute atomic E-state index is 5.74. The number of allylic oxidation sites excluding steroid dienone is 4. The number of ether oxygens (including phenoxy) is 2. The Hall–Kier alpha value is -0.900. The van der Waals surface area contributed by atoms with Gasteiger partial charge in [-0.2, -0.15) is 0 Å². The maximum Gasteiger partial charge on any atom is 0.0944 e. The van der Waals surface area contributed by atoms with E-state index in [1.807, 2.05) is 47.0 Å². The molecular formula is C24H45NO2. The molecule has 0 spiro atoms. The number of fused-ring (bicyclic) bond motifs is 2. The number of nitrogens with two attached hydrogens (primary N) is 1. The maximum atomic E-state index is 5.74. The molecule has 3 nitrogen and oxygen atoms in total. The van der Waals surface area contributed by atoms with E-state index in [2.05, 4.69) is 33.4 Å². The van der Waals surface area contributed by atoms with Crippen LogP contribution in [0.15, 0.2) is 36.5 Å². The van der Waals surface area contributed by atoms with Gasteiger partial charge in [-0.3, -0.25) is 0 Å². The van der Waals surface area contributed by atoms with Gasteiger partial charge in [-0.15, -0.1) is 0 Å². The van der Waals surface area contributed by atoms with Crippen LogP contribution in [0, 0.1) is 17.3 Å². The zero-order chi connectivity index (χ0) is 21.3. The average molecular weight is 380 g/mol. The molecule has 0 aromatic heterocycles. The van der Waals surface area contributed by atoms with Crippen LogP contribution in [0.25, 0.3) is 0 Å². The first-order valence-electron chi connectivity index (χ1n) is 10.4. The van der Waals surface area contributed by atoms with E-state index in [-0.39, 0.29) is 17.7 Å². The summed E-state index contributed by atoms with van der Waals surface area (Å²) in [4.78, 5) is 0. The first-order chi connectivity index (χ1) is 12.7. The summed E-state index contributed by atoms with van der Waals surface area (Å²) in [5.74, 6) is 1.49. The molecule has 5 unspecified atom stereocenters. The van der Waals surface area contributed by atoms with Crippen molar-refractivity contribution in [1.82, 2.24) is 0 Å². The van der Waals surface area contributed by atoms with Crippen LogP contribution in [-0.4, -0.2) is 32.0 Å². The lowest BCUT2D eigenvalue weighted by Gasteiger charge is -2.65. The van der Waals surface area contributed by atoms with Crippen molar-refractivity contribution in [1.29, 1.82) is 0 Å². The molecule has 0 heterocycles. The number of hydrogen-bond acceptors (Lipinski definition) is 3. The van der Waals surface area contributed by atoms with Crippen LogP contribution in [0.3, 0.4) is 0 Å². The van der Waals surface area contributed by atoms with E-state index in [4.69, 9.17) is 15.2 Å². The highest BCUT2D eigenvalue weighted by atomic mass is 16.5. The van der Waals surface area contributed by atoms with Gasteiger partial charge in [-0.05, 0) is 62.9 Å². The summed E-state index contributed by atoms with van der Waals surface area (Å²) >= 11 is 0. The molecule has 3 fully saturated rings. The van der Waals surface area contributed by atoms with Crippen LogP contribution in [-0.2, 0) is 9.47 Å². The average Bonchev–Trinajstić information content (AvgIpc) is 2.63. The highest BCUT2D eigenvalue weighted by Crippen LogP contribution is 2.63. The number of rotatable bonds is 6. The van der Waals surface area contributed by atoms with Gasteiger partial charge in [0.1, 0.15) is 0 Å². The van der Waals surface area contributed by atoms with Crippen molar-refractivity contribution in [2.24, 2.45) is 23.0 Å². The van der Waals surface area contributed by atoms with Crippen LogP contribution < -0.4 is 5.73 Å². The molecule has 0 saturated heterocycles. The third kappa shape index (κ3) is 6.30. The van der Waals surface area contributed by atoms with Crippen LogP contribution in [0.1, 0.15) is 67.7 Å². The summed E-state index contributed by atoms with van der Waals surface area (Å²) < 4.78 is 11.3. The second-order valence-electron chi connectivity index (χ2n) is 8.31. The summed E-state index contributed by atoms with van der Waals surface area (Å²) in [7, 11) is 3.63. The Kier molecular flexibility index (Phi) is 11.4. The van der Waals surface area contributed by atoms with Crippen LogP contribution in [0.2, 0.25) is 0 Å². The standard InChI is InChI=1S/C12H22O2.C10H17N.C2H6/c1-11(2)8-6-9(11)12(3,14-5)10(7-8)13-4;1-4-6-10(7-5-2)8-9(3)11;1-2/h8-10H,6-7H2,1-5H3;4-7,9H,1,8,11H2,2-3H3;1-2H3/b;7-5-,10-6+;. The second kappa shape index (κ2) is 11.8. The largest absolute Gasteiger partial charge is 0.378 e. The van der Waals surface area contributed by atoms with E-state index in [0.29, 0.717) is 11.3 Å². The Labute approximate surface area is 169 Å². The normalized spacial score (nSPS) is 32.4. The summed E-state index contributed by atoms with van der Waals surface area (Å²) in [6.07, 6.45) is 11.5. The second-order valence-corrected chi connectivity index (χ2v) is 8.31. The molecule has 0 aliphatic heterocycles. The van der Waals surface area contributed by atoms with Gasteiger partial charge in [-0.25, -0.2) is 0 Å². The molecule has 0 amide bonds. The van der Waals surface area contributed by atoms with E-state index < -0.39 is 0 Å². The van der Waals surface area contributed by atoms with Crippen molar-refractivity contribution in [3.63, 3.8) is 0 Å². The van der Waals surface area contributed by atoms with Crippen LogP contribution >= 0.6 is 0 Å². The van der Waals surface area contributed by atoms with Crippen molar-refractivity contribution in [3.05, 3.63) is 36.5 Å². The molecule has 3 aliphatic rings. The zero-order valence-corrected chi connectivity index (χ0v) is 19.3. The quantitative estimate of drug-likeness (QED) is 0.583. The SMILES string of the molecule is C=C/C=C(\C=C/C)CC(C)N.CC.COC1CC2CC(C2(C)C)C1(C)OC. The van der Waals surface area contributed by atoms with Crippen molar-refractivity contribution in [2.45, 2.75) is 85.5 Å². The molecule has 27 heavy (non-hydrogen) atoms. The molecule has 0 radical (unpaired) electrons. The Balaban J connectivity index is 0.000000473. The van der Waals surface area contributed by atoms with Gasteiger partial charge in [0.05, 0.1) is 11.7 Å². The molecule has 3 rings (SSSR count). The third-order valence-electron chi connectivity index (χ3n) is 6.30. The first-order valence-corrected chi connectivity index (χ1v) is 10.4. The van der Waals surface area contributed by atoms with E-state index in [0.717, 1.165) is 18.8 Å². The van der Waals surface area contributed by atoms with Gasteiger partial charge in [0.15, 0.2) is 0 Å². The van der Waals surface area contributed by atoms with Gasteiger partial charge in [0.2, 0.25) is 0 Å². The van der Waals surface area contributed by atoms with Gasteiger partial charge in [0.25, 0.3) is 0 Å². The number of methoxy groups -OCH3 is 2. The minimum atomic E-state index is -0.0764. The van der Waals surface area contributed by atoms with Crippen molar-refractivity contribution in [3.8, 4) is 0 Å². The molecule has 5 atom stereocenters. The lowest BCUT2D eigenvalue weighted by molar-refractivity contribution is -0.262. The molecule has 158 valence electrons. The molecular weight excluding hydrogens is 334 g/mol. The molecule has 3 saturated carbocycles. The predicted molar refractivity (Wildman–Crippen MR) is 119 cm³/mol. The van der Waals surface area contributed by atoms with E-state index in [1.54, 1.807) is 13.2 Å². The minimum Gasteiger partial charge on any atom is -0.378 e. The minimum absolute atomic E-state index is 0.0764. The molecule has 0 aromatic rings. The van der Waals surface area contributed by atoms with Crippen molar-refractivity contribution < 1.29 is 9.47 Å². The van der Waals surface area contributed by atoms with E-state index >= 15 is 0 Å².